The predicted octanol–water partition coefficient (Wildman–Crippen LogP) is 0.362. The molecule has 0 aromatic heterocycles. The number of aliphatic carboxylic acids is 1. The molecule has 1 atom stereocenters. The third kappa shape index (κ3) is 2.32. The molecule has 17 heavy (non-hydrogen) atoms. The molecule has 5 nitrogen and oxygen atoms in total. The average Bonchev–Trinajstić information content (AvgIpc) is 2.26. The summed E-state index contributed by atoms with van der Waals surface area (Å²) in [7, 11) is -3.24. The number of rotatable bonds is 2. The molecule has 1 aliphatic heterocycles. The molecule has 2 rings (SSSR count). The molecule has 6 heteroatoms. The van der Waals surface area contributed by atoms with Crippen molar-refractivity contribution in [2.24, 2.45) is 0 Å². The first kappa shape index (κ1) is 12.1. The number of fused-ring (bicyclic) bond motifs is 1. The zero-order valence-corrected chi connectivity index (χ0v) is 10.1. The third-order valence-corrected chi connectivity index (χ3v) is 3.95. The maximum absolute atomic E-state index is 11.4. The minimum absolute atomic E-state index is 0.238. The Balaban J connectivity index is 2.51. The highest BCUT2D eigenvalue weighted by Crippen LogP contribution is 2.25. The van der Waals surface area contributed by atoms with Crippen LogP contribution in [-0.2, 0) is 21.1 Å². The summed E-state index contributed by atoms with van der Waals surface area (Å²) in [5, 5.41) is 11.9. The van der Waals surface area contributed by atoms with Gasteiger partial charge in [0.05, 0.1) is 4.90 Å². The van der Waals surface area contributed by atoms with Crippen LogP contribution < -0.4 is 5.32 Å². The Morgan fingerprint density at radius 1 is 1.47 bits per heavy atom. The molecule has 0 amide bonds. The highest BCUT2D eigenvalue weighted by atomic mass is 32.2. The molecule has 2 N–H and O–H groups in total. The van der Waals surface area contributed by atoms with Gasteiger partial charge in [-0.1, -0.05) is 6.07 Å². The molecular weight excluding hydrogens is 242 g/mol. The van der Waals surface area contributed by atoms with Crippen LogP contribution in [0.2, 0.25) is 0 Å². The Bertz CT molecular complexity index is 565. The number of sulfone groups is 1. The molecule has 0 saturated carbocycles. The van der Waals surface area contributed by atoms with Gasteiger partial charge in [0.25, 0.3) is 0 Å². The first-order valence-corrected chi connectivity index (χ1v) is 7.08. The second-order valence-electron chi connectivity index (χ2n) is 4.11. The lowest BCUT2D eigenvalue weighted by molar-refractivity contribution is -0.139. The lowest BCUT2D eigenvalue weighted by Crippen LogP contribution is -2.35. The molecule has 0 bridgehead atoms. The van der Waals surface area contributed by atoms with Gasteiger partial charge in [-0.3, -0.25) is 4.79 Å². The van der Waals surface area contributed by atoms with Crippen molar-refractivity contribution in [2.75, 3.05) is 12.8 Å². The zero-order valence-electron chi connectivity index (χ0n) is 9.30. The minimum atomic E-state index is -3.24. The average molecular weight is 255 g/mol. The quantitative estimate of drug-likeness (QED) is 0.797. The van der Waals surface area contributed by atoms with E-state index in [0.717, 1.165) is 11.8 Å². The largest absolute Gasteiger partial charge is 0.480 e. The van der Waals surface area contributed by atoms with Crippen molar-refractivity contribution < 1.29 is 18.3 Å². The van der Waals surface area contributed by atoms with Gasteiger partial charge in [-0.05, 0) is 29.7 Å². The van der Waals surface area contributed by atoms with Crippen molar-refractivity contribution in [1.29, 1.82) is 0 Å². The number of carbonyl (C=O) groups is 1. The van der Waals surface area contributed by atoms with E-state index in [1.54, 1.807) is 12.1 Å². The van der Waals surface area contributed by atoms with Gasteiger partial charge in [-0.25, -0.2) is 8.42 Å². The number of hydrogen-bond acceptors (Lipinski definition) is 4. The van der Waals surface area contributed by atoms with Crippen molar-refractivity contribution in [1.82, 2.24) is 5.32 Å². The summed E-state index contributed by atoms with van der Waals surface area (Å²) in [4.78, 5) is 11.3. The molecule has 1 aliphatic rings. The van der Waals surface area contributed by atoms with Crippen LogP contribution in [0.25, 0.3) is 0 Å². The molecule has 0 aliphatic carbocycles. The van der Waals surface area contributed by atoms with Crippen LogP contribution in [0.1, 0.15) is 17.2 Å². The Labute approximate surface area is 99.4 Å². The fourth-order valence-electron chi connectivity index (χ4n) is 1.99. The number of nitrogens with one attached hydrogen (secondary N) is 1. The van der Waals surface area contributed by atoms with E-state index in [1.807, 2.05) is 0 Å². The molecule has 0 radical (unpaired) electrons. The van der Waals surface area contributed by atoms with Crippen molar-refractivity contribution >= 4 is 15.8 Å². The summed E-state index contributed by atoms with van der Waals surface area (Å²) in [5.41, 5.74) is 1.44. The van der Waals surface area contributed by atoms with Crippen molar-refractivity contribution in [3.05, 3.63) is 29.3 Å². The molecule has 1 aromatic rings. The van der Waals surface area contributed by atoms with Crippen LogP contribution in [0.5, 0.6) is 0 Å². The molecular formula is C11H13NO4S. The van der Waals surface area contributed by atoms with Crippen molar-refractivity contribution in [3.63, 3.8) is 0 Å². The number of carboxylic acids is 1. The van der Waals surface area contributed by atoms with Gasteiger partial charge in [0, 0.05) is 12.8 Å². The van der Waals surface area contributed by atoms with E-state index in [-0.39, 0.29) is 4.90 Å². The second-order valence-corrected chi connectivity index (χ2v) is 6.12. The second kappa shape index (κ2) is 4.12. The lowest BCUT2D eigenvalue weighted by Gasteiger charge is -2.24. The van der Waals surface area contributed by atoms with E-state index < -0.39 is 21.8 Å². The smallest absolute Gasteiger partial charge is 0.325 e. The van der Waals surface area contributed by atoms with Gasteiger partial charge in [0.2, 0.25) is 0 Å². The van der Waals surface area contributed by atoms with Crippen LogP contribution in [0.4, 0.5) is 0 Å². The van der Waals surface area contributed by atoms with E-state index in [1.165, 1.54) is 6.07 Å². The van der Waals surface area contributed by atoms with Gasteiger partial charge in [-0.2, -0.15) is 0 Å². The van der Waals surface area contributed by atoms with Crippen LogP contribution >= 0.6 is 0 Å². The van der Waals surface area contributed by atoms with Gasteiger partial charge in [0.1, 0.15) is 6.04 Å². The van der Waals surface area contributed by atoms with Crippen LogP contribution in [0.3, 0.4) is 0 Å². The van der Waals surface area contributed by atoms with Gasteiger partial charge >= 0.3 is 5.97 Å². The standard InChI is InChI=1S/C11H13NO4S/c1-17(15,16)8-2-3-9-7(6-8)4-5-12-10(9)11(13)14/h2-3,6,10,12H,4-5H2,1H3,(H,13,14)/t10-/m1/s1. The minimum Gasteiger partial charge on any atom is -0.480 e. The predicted molar refractivity (Wildman–Crippen MR) is 61.6 cm³/mol. The zero-order chi connectivity index (χ0) is 12.6. The number of hydrogen-bond donors (Lipinski definition) is 2. The summed E-state index contributed by atoms with van der Waals surface area (Å²) in [6, 6.07) is 3.86. The van der Waals surface area contributed by atoms with E-state index in [0.29, 0.717) is 18.5 Å². The fraction of sp³-hybridized carbons (Fsp3) is 0.364. The Kier molecular flexibility index (Phi) is 2.92. The molecule has 92 valence electrons. The Hall–Kier alpha value is -1.40. The van der Waals surface area contributed by atoms with Crippen LogP contribution in [0, 0.1) is 0 Å². The van der Waals surface area contributed by atoms with E-state index >= 15 is 0 Å². The summed E-state index contributed by atoms with van der Waals surface area (Å²) in [6.07, 6.45) is 1.78. The first-order chi connectivity index (χ1) is 7.89. The highest BCUT2D eigenvalue weighted by Gasteiger charge is 2.26. The lowest BCUT2D eigenvalue weighted by atomic mass is 9.94. The third-order valence-electron chi connectivity index (χ3n) is 2.84. The van der Waals surface area contributed by atoms with Gasteiger partial charge < -0.3 is 10.4 Å². The fourth-order valence-corrected chi connectivity index (χ4v) is 2.66. The first-order valence-electron chi connectivity index (χ1n) is 5.18. The summed E-state index contributed by atoms with van der Waals surface area (Å²) >= 11 is 0. The van der Waals surface area contributed by atoms with Crippen molar-refractivity contribution in [2.45, 2.75) is 17.4 Å². The van der Waals surface area contributed by atoms with E-state index in [2.05, 4.69) is 5.32 Å². The van der Waals surface area contributed by atoms with Crippen LogP contribution in [0.15, 0.2) is 23.1 Å². The topological polar surface area (TPSA) is 83.5 Å². The Morgan fingerprint density at radius 3 is 2.76 bits per heavy atom. The highest BCUT2D eigenvalue weighted by molar-refractivity contribution is 7.90. The SMILES string of the molecule is CS(=O)(=O)c1ccc2c(c1)CCN[C@H]2C(=O)O. The summed E-state index contributed by atoms with van der Waals surface area (Å²) < 4.78 is 22.8. The maximum atomic E-state index is 11.4. The molecule has 0 spiro atoms. The van der Waals surface area contributed by atoms with E-state index in [4.69, 9.17) is 5.11 Å². The van der Waals surface area contributed by atoms with Gasteiger partial charge in [-0.15, -0.1) is 0 Å². The number of carboxylic acid groups (broad SMARTS) is 1. The van der Waals surface area contributed by atoms with Crippen molar-refractivity contribution in [3.8, 4) is 0 Å². The Morgan fingerprint density at radius 2 is 2.18 bits per heavy atom. The maximum Gasteiger partial charge on any atom is 0.325 e. The van der Waals surface area contributed by atoms with E-state index in [9.17, 15) is 13.2 Å². The number of benzene rings is 1. The molecule has 0 fully saturated rings. The molecule has 0 unspecified atom stereocenters. The summed E-state index contributed by atoms with van der Waals surface area (Å²) in [5.74, 6) is -0.946. The van der Waals surface area contributed by atoms with Crippen LogP contribution in [-0.4, -0.2) is 32.3 Å². The van der Waals surface area contributed by atoms with Gasteiger partial charge in [0.15, 0.2) is 9.84 Å². The molecule has 0 saturated heterocycles. The normalized spacial score (nSPS) is 19.7. The molecule has 1 aromatic carbocycles. The molecule has 1 heterocycles. The monoisotopic (exact) mass is 255 g/mol. The summed E-state index contributed by atoms with van der Waals surface area (Å²) in [6.45, 7) is 0.539.